The molecule has 0 saturated carbocycles. The average Bonchev–Trinajstić information content (AvgIpc) is 3.19. The quantitative estimate of drug-likeness (QED) is 0.542. The number of carbonyl (C=O) groups is 1. The van der Waals surface area contributed by atoms with Crippen molar-refractivity contribution in [3.8, 4) is 17.1 Å². The van der Waals surface area contributed by atoms with E-state index in [2.05, 4.69) is 20.2 Å². The highest BCUT2D eigenvalue weighted by Crippen LogP contribution is 2.36. The molecule has 1 aromatic carbocycles. The third-order valence-electron chi connectivity index (χ3n) is 5.06. The standard InChI is InChI=1S/C19H21ClFN5O.CH2O2/c1-10-6-11(20)7-15(27)16(10)19-24-18-14(26(19)3)8-13(21)17(23-18)22-12-4-5-25(2)9-12;2-1-3/h6-8,12,27H,4-5,9H2,1-3H3,(H,22,23);1H,(H,2,3). The van der Waals surface area contributed by atoms with Gasteiger partial charge in [0.25, 0.3) is 6.47 Å². The van der Waals surface area contributed by atoms with Crippen molar-refractivity contribution in [1.29, 1.82) is 0 Å². The van der Waals surface area contributed by atoms with Crippen LogP contribution in [0.1, 0.15) is 12.0 Å². The molecule has 10 heteroatoms. The maximum Gasteiger partial charge on any atom is 0.290 e. The van der Waals surface area contributed by atoms with Gasteiger partial charge in [-0.15, -0.1) is 0 Å². The predicted molar refractivity (Wildman–Crippen MR) is 114 cm³/mol. The number of likely N-dealkylation sites (tertiary alicyclic amines) is 1. The molecule has 1 fully saturated rings. The molecule has 3 N–H and O–H groups in total. The molecular weight excluding hydrogens is 413 g/mol. The number of likely N-dealkylation sites (N-methyl/N-ethyl adjacent to an activating group) is 1. The summed E-state index contributed by atoms with van der Waals surface area (Å²) in [5.41, 5.74) is 2.33. The van der Waals surface area contributed by atoms with Gasteiger partial charge in [0.1, 0.15) is 11.6 Å². The largest absolute Gasteiger partial charge is 0.507 e. The highest BCUT2D eigenvalue weighted by atomic mass is 35.5. The first kappa shape index (κ1) is 21.8. The normalized spacial score (nSPS) is 16.4. The first-order valence-corrected chi connectivity index (χ1v) is 9.68. The van der Waals surface area contributed by atoms with Crippen LogP contribution in [0.5, 0.6) is 5.75 Å². The molecule has 0 bridgehead atoms. The average molecular weight is 436 g/mol. The van der Waals surface area contributed by atoms with Crippen LogP contribution >= 0.6 is 11.6 Å². The number of carboxylic acid groups (broad SMARTS) is 1. The Morgan fingerprint density at radius 1 is 1.30 bits per heavy atom. The minimum absolute atomic E-state index is 0.0335. The minimum Gasteiger partial charge on any atom is -0.507 e. The zero-order chi connectivity index (χ0) is 22.0. The Hall–Kier alpha value is -2.91. The van der Waals surface area contributed by atoms with Crippen LogP contribution in [-0.4, -0.2) is 62.3 Å². The van der Waals surface area contributed by atoms with E-state index in [-0.39, 0.29) is 24.1 Å². The second kappa shape index (κ2) is 8.85. The van der Waals surface area contributed by atoms with Crippen LogP contribution < -0.4 is 5.32 Å². The van der Waals surface area contributed by atoms with E-state index in [1.165, 1.54) is 12.1 Å². The van der Waals surface area contributed by atoms with Gasteiger partial charge in [-0.05, 0) is 44.6 Å². The molecule has 0 aliphatic carbocycles. The molecule has 3 heterocycles. The van der Waals surface area contributed by atoms with E-state index in [0.717, 1.165) is 25.1 Å². The van der Waals surface area contributed by atoms with E-state index in [1.807, 2.05) is 14.0 Å². The first-order chi connectivity index (χ1) is 14.2. The molecule has 3 aromatic rings. The Morgan fingerprint density at radius 3 is 2.60 bits per heavy atom. The lowest BCUT2D eigenvalue weighted by molar-refractivity contribution is -0.122. The van der Waals surface area contributed by atoms with Crippen molar-refractivity contribution in [2.45, 2.75) is 19.4 Å². The second-order valence-corrected chi connectivity index (χ2v) is 7.71. The van der Waals surface area contributed by atoms with Crippen molar-refractivity contribution in [3.63, 3.8) is 0 Å². The summed E-state index contributed by atoms with van der Waals surface area (Å²) in [6.45, 7) is 3.42. The second-order valence-electron chi connectivity index (χ2n) is 7.27. The number of nitrogens with zero attached hydrogens (tertiary/aromatic N) is 4. The molecular formula is C20H23ClFN5O3. The number of phenolic OH excluding ortho intramolecular Hbond substituents is 1. The number of pyridine rings is 1. The number of phenols is 1. The van der Waals surface area contributed by atoms with Crippen LogP contribution in [0.3, 0.4) is 0 Å². The minimum atomic E-state index is -0.413. The van der Waals surface area contributed by atoms with Crippen molar-refractivity contribution in [2.24, 2.45) is 7.05 Å². The summed E-state index contributed by atoms with van der Waals surface area (Å²) in [5.74, 6) is 0.348. The number of anilines is 1. The molecule has 0 spiro atoms. The number of imidazole rings is 1. The lowest BCUT2D eigenvalue weighted by Gasteiger charge is -2.14. The first-order valence-electron chi connectivity index (χ1n) is 9.30. The van der Waals surface area contributed by atoms with E-state index in [4.69, 9.17) is 21.5 Å². The molecule has 1 saturated heterocycles. The maximum absolute atomic E-state index is 14.6. The zero-order valence-corrected chi connectivity index (χ0v) is 17.6. The Labute approximate surface area is 177 Å². The molecule has 1 unspecified atom stereocenters. The number of hydrogen-bond donors (Lipinski definition) is 3. The summed E-state index contributed by atoms with van der Waals surface area (Å²) in [7, 11) is 3.82. The molecule has 1 aliphatic heterocycles. The fraction of sp³-hybridized carbons (Fsp3) is 0.350. The Kier molecular flexibility index (Phi) is 6.42. The monoisotopic (exact) mass is 435 g/mol. The summed E-state index contributed by atoms with van der Waals surface area (Å²) in [6, 6.07) is 4.83. The van der Waals surface area contributed by atoms with E-state index in [9.17, 15) is 9.50 Å². The Bertz CT molecular complexity index is 1060. The molecule has 0 radical (unpaired) electrons. The smallest absolute Gasteiger partial charge is 0.290 e. The number of aryl methyl sites for hydroxylation is 2. The number of nitrogens with one attached hydrogen (secondary N) is 1. The number of hydrogen-bond acceptors (Lipinski definition) is 6. The van der Waals surface area contributed by atoms with Crippen LogP contribution in [0.2, 0.25) is 5.02 Å². The van der Waals surface area contributed by atoms with E-state index < -0.39 is 5.82 Å². The highest BCUT2D eigenvalue weighted by molar-refractivity contribution is 6.31. The van der Waals surface area contributed by atoms with Gasteiger partial charge in [-0.2, -0.15) is 0 Å². The lowest BCUT2D eigenvalue weighted by atomic mass is 10.1. The van der Waals surface area contributed by atoms with E-state index in [1.54, 1.807) is 17.7 Å². The topological polar surface area (TPSA) is 104 Å². The van der Waals surface area contributed by atoms with E-state index >= 15 is 0 Å². The Balaban J connectivity index is 0.000000806. The van der Waals surface area contributed by atoms with Crippen molar-refractivity contribution in [1.82, 2.24) is 19.4 Å². The van der Waals surface area contributed by atoms with Gasteiger partial charge in [0.05, 0.1) is 11.1 Å². The SMILES string of the molecule is Cc1cc(Cl)cc(O)c1-c1nc2nc(NC3CCN(C)C3)c(F)cc2n1C.O=CO. The maximum atomic E-state index is 14.6. The van der Waals surface area contributed by atoms with Crippen LogP contribution in [0.15, 0.2) is 18.2 Å². The van der Waals surface area contributed by atoms with Crippen molar-refractivity contribution >= 4 is 35.1 Å². The number of aromatic hydroxyl groups is 1. The van der Waals surface area contributed by atoms with Gasteiger partial charge in [-0.3, -0.25) is 4.79 Å². The molecule has 0 amide bonds. The van der Waals surface area contributed by atoms with Crippen LogP contribution in [0.25, 0.3) is 22.6 Å². The molecule has 1 atom stereocenters. The lowest BCUT2D eigenvalue weighted by Crippen LogP contribution is -2.24. The van der Waals surface area contributed by atoms with Gasteiger partial charge in [-0.25, -0.2) is 14.4 Å². The summed E-state index contributed by atoms with van der Waals surface area (Å²) >= 11 is 6.00. The summed E-state index contributed by atoms with van der Waals surface area (Å²) < 4.78 is 16.4. The van der Waals surface area contributed by atoms with Gasteiger partial charge < -0.3 is 25.0 Å². The van der Waals surface area contributed by atoms with Gasteiger partial charge >= 0.3 is 0 Å². The van der Waals surface area contributed by atoms with Crippen LogP contribution in [0, 0.1) is 12.7 Å². The number of fused-ring (bicyclic) bond motifs is 1. The van der Waals surface area contributed by atoms with E-state index in [0.29, 0.717) is 27.6 Å². The molecule has 1 aliphatic rings. The van der Waals surface area contributed by atoms with Crippen molar-refractivity contribution in [3.05, 3.63) is 34.6 Å². The number of halogens is 2. The Morgan fingerprint density at radius 2 is 2.00 bits per heavy atom. The summed E-state index contributed by atoms with van der Waals surface area (Å²) in [4.78, 5) is 19.5. The van der Waals surface area contributed by atoms with Crippen molar-refractivity contribution in [2.75, 3.05) is 25.5 Å². The third kappa shape index (κ3) is 4.31. The number of rotatable bonds is 3. The fourth-order valence-electron chi connectivity index (χ4n) is 3.68. The van der Waals surface area contributed by atoms with Crippen LogP contribution in [-0.2, 0) is 11.8 Å². The number of benzene rings is 1. The van der Waals surface area contributed by atoms with Gasteiger partial charge in [-0.1, -0.05) is 11.6 Å². The number of aromatic nitrogens is 3. The molecule has 2 aromatic heterocycles. The molecule has 8 nitrogen and oxygen atoms in total. The van der Waals surface area contributed by atoms with Gasteiger partial charge in [0.2, 0.25) is 0 Å². The molecule has 4 rings (SSSR count). The van der Waals surface area contributed by atoms with Crippen molar-refractivity contribution < 1.29 is 19.4 Å². The third-order valence-corrected chi connectivity index (χ3v) is 5.28. The highest BCUT2D eigenvalue weighted by Gasteiger charge is 2.23. The van der Waals surface area contributed by atoms with Gasteiger partial charge in [0.15, 0.2) is 17.3 Å². The van der Waals surface area contributed by atoms with Crippen LogP contribution in [0.4, 0.5) is 10.2 Å². The summed E-state index contributed by atoms with van der Waals surface area (Å²) in [5, 5.41) is 20.9. The fourth-order valence-corrected chi connectivity index (χ4v) is 3.94. The summed E-state index contributed by atoms with van der Waals surface area (Å²) in [6.07, 6.45) is 0.945. The molecule has 30 heavy (non-hydrogen) atoms. The predicted octanol–water partition coefficient (Wildman–Crippen LogP) is 3.26. The zero-order valence-electron chi connectivity index (χ0n) is 16.9. The molecule has 160 valence electrons. The van der Waals surface area contributed by atoms with Gasteiger partial charge in [0, 0.05) is 30.7 Å².